The molecule has 0 aliphatic carbocycles. The number of halogens is 2. The molecule has 0 bridgehead atoms. The van der Waals surface area contributed by atoms with E-state index in [1.807, 2.05) is 4.90 Å². The van der Waals surface area contributed by atoms with Gasteiger partial charge in [0, 0.05) is 18.6 Å². The van der Waals surface area contributed by atoms with Crippen molar-refractivity contribution in [3.8, 4) is 0 Å². The molecule has 7 heteroatoms. The summed E-state index contributed by atoms with van der Waals surface area (Å²) in [7, 11) is 0. The highest BCUT2D eigenvalue weighted by molar-refractivity contribution is 6.27. The van der Waals surface area contributed by atoms with Crippen molar-refractivity contribution in [3.05, 3.63) is 0 Å². The van der Waals surface area contributed by atoms with Crippen molar-refractivity contribution in [2.75, 3.05) is 24.8 Å². The number of rotatable bonds is 2. The second-order valence-corrected chi connectivity index (χ2v) is 5.77. The first kappa shape index (κ1) is 20.5. The maximum absolute atomic E-state index is 11.0. The second kappa shape index (κ2) is 12.1. The van der Waals surface area contributed by atoms with Crippen LogP contribution in [0.1, 0.15) is 39.5 Å². The largest absolute Gasteiger partial charge is 0.480 e. The van der Waals surface area contributed by atoms with Crippen LogP contribution in [0.3, 0.4) is 0 Å². The molecule has 5 nitrogen and oxygen atoms in total. The Morgan fingerprint density at radius 3 is 2.05 bits per heavy atom. The Hall–Kier alpha value is -0.520. The van der Waals surface area contributed by atoms with Gasteiger partial charge in [-0.1, -0.05) is 0 Å². The molecule has 2 unspecified atom stereocenters. The first-order valence-corrected chi connectivity index (χ1v) is 8.35. The third-order valence-corrected chi connectivity index (χ3v) is 3.87. The summed E-state index contributed by atoms with van der Waals surface area (Å²) < 4.78 is 0. The van der Waals surface area contributed by atoms with Gasteiger partial charge in [-0.25, -0.2) is 0 Å². The molecular formula is C14H26Cl2N2O3. The zero-order valence-electron chi connectivity index (χ0n) is 12.8. The fraction of sp³-hybridized carbons (Fsp3) is 0.857. The van der Waals surface area contributed by atoms with Crippen molar-refractivity contribution in [1.82, 2.24) is 10.2 Å². The van der Waals surface area contributed by atoms with Crippen molar-refractivity contribution in [2.45, 2.75) is 51.6 Å². The SMILES string of the molecule is CC1CCCN1.CC1CCCN1C(=O)CCl.O=C(O)CCl. The third-order valence-electron chi connectivity index (χ3n) is 3.41. The van der Waals surface area contributed by atoms with Crippen molar-refractivity contribution in [3.63, 3.8) is 0 Å². The van der Waals surface area contributed by atoms with Crippen LogP contribution >= 0.6 is 23.2 Å². The van der Waals surface area contributed by atoms with E-state index >= 15 is 0 Å². The van der Waals surface area contributed by atoms with E-state index in [1.54, 1.807) is 0 Å². The standard InChI is InChI=1S/C7H12ClNO.C5H11N.C2H3ClO2/c1-6-3-2-4-9(6)7(10)5-8;1-5-3-2-4-6-5;3-1-2(4)5/h6H,2-5H2,1H3;5-6H,2-4H2,1H3;1H2,(H,4,5). The van der Waals surface area contributed by atoms with Crippen molar-refractivity contribution >= 4 is 35.1 Å². The van der Waals surface area contributed by atoms with Gasteiger partial charge in [-0.2, -0.15) is 0 Å². The van der Waals surface area contributed by atoms with E-state index in [0.29, 0.717) is 6.04 Å². The highest BCUT2D eigenvalue weighted by atomic mass is 35.5. The quantitative estimate of drug-likeness (QED) is 0.756. The van der Waals surface area contributed by atoms with Crippen LogP contribution in [0.25, 0.3) is 0 Å². The van der Waals surface area contributed by atoms with Gasteiger partial charge in [-0.15, -0.1) is 23.2 Å². The van der Waals surface area contributed by atoms with Crippen LogP contribution in [0.15, 0.2) is 0 Å². The number of nitrogens with one attached hydrogen (secondary N) is 1. The number of aliphatic carboxylic acids is 1. The molecule has 2 heterocycles. The lowest BCUT2D eigenvalue weighted by Gasteiger charge is -2.19. The van der Waals surface area contributed by atoms with E-state index in [0.717, 1.165) is 25.4 Å². The highest BCUT2D eigenvalue weighted by Crippen LogP contribution is 2.16. The average molecular weight is 341 g/mol. The van der Waals surface area contributed by atoms with Crippen LogP contribution in [0.4, 0.5) is 0 Å². The van der Waals surface area contributed by atoms with Gasteiger partial charge in [0.15, 0.2) is 0 Å². The maximum Gasteiger partial charge on any atom is 0.318 e. The second-order valence-electron chi connectivity index (χ2n) is 5.24. The van der Waals surface area contributed by atoms with Gasteiger partial charge in [0.05, 0.1) is 0 Å². The molecule has 0 aromatic heterocycles. The summed E-state index contributed by atoms with van der Waals surface area (Å²) in [6.07, 6.45) is 5.01. The van der Waals surface area contributed by atoms with Crippen LogP contribution in [0.5, 0.6) is 0 Å². The fourth-order valence-electron chi connectivity index (χ4n) is 2.24. The molecular weight excluding hydrogens is 315 g/mol. The lowest BCUT2D eigenvalue weighted by Crippen LogP contribution is -2.34. The van der Waals surface area contributed by atoms with E-state index in [-0.39, 0.29) is 17.7 Å². The molecule has 124 valence electrons. The van der Waals surface area contributed by atoms with Gasteiger partial charge in [0.25, 0.3) is 0 Å². The van der Waals surface area contributed by atoms with Crippen LogP contribution in [-0.2, 0) is 9.59 Å². The summed E-state index contributed by atoms with van der Waals surface area (Å²) in [5.74, 6) is -1.08. The number of carboxylic acids is 1. The number of hydrogen-bond acceptors (Lipinski definition) is 3. The summed E-state index contributed by atoms with van der Waals surface area (Å²) in [5, 5.41) is 10.9. The molecule has 2 atom stereocenters. The molecule has 2 fully saturated rings. The number of carboxylic acid groups (broad SMARTS) is 1. The van der Waals surface area contributed by atoms with Crippen LogP contribution in [-0.4, -0.2) is 58.8 Å². The molecule has 2 rings (SSSR count). The monoisotopic (exact) mass is 340 g/mol. The Morgan fingerprint density at radius 1 is 1.19 bits per heavy atom. The number of likely N-dealkylation sites (tertiary alicyclic amines) is 1. The predicted molar refractivity (Wildman–Crippen MR) is 86.2 cm³/mol. The first-order valence-electron chi connectivity index (χ1n) is 7.28. The van der Waals surface area contributed by atoms with Gasteiger partial charge in [-0.3, -0.25) is 9.59 Å². The van der Waals surface area contributed by atoms with E-state index in [1.165, 1.54) is 19.4 Å². The Kier molecular flexibility index (Phi) is 11.8. The van der Waals surface area contributed by atoms with E-state index < -0.39 is 5.97 Å². The first-order chi connectivity index (χ1) is 9.92. The number of hydrogen-bond donors (Lipinski definition) is 2. The minimum atomic E-state index is -0.980. The summed E-state index contributed by atoms with van der Waals surface area (Å²) in [6, 6.07) is 1.20. The van der Waals surface area contributed by atoms with Crippen molar-refractivity contribution < 1.29 is 14.7 Å². The van der Waals surface area contributed by atoms with Crippen LogP contribution < -0.4 is 5.32 Å². The van der Waals surface area contributed by atoms with Crippen molar-refractivity contribution in [2.24, 2.45) is 0 Å². The molecule has 2 aliphatic heterocycles. The van der Waals surface area contributed by atoms with Gasteiger partial charge in [0.1, 0.15) is 11.8 Å². The summed E-state index contributed by atoms with van der Waals surface area (Å²) in [4.78, 5) is 22.1. The van der Waals surface area contributed by atoms with E-state index in [9.17, 15) is 9.59 Å². The highest BCUT2D eigenvalue weighted by Gasteiger charge is 2.23. The van der Waals surface area contributed by atoms with Gasteiger partial charge < -0.3 is 15.3 Å². The predicted octanol–water partition coefficient (Wildman–Crippen LogP) is 2.30. The van der Waals surface area contributed by atoms with E-state index in [2.05, 4.69) is 19.2 Å². The smallest absolute Gasteiger partial charge is 0.318 e. The lowest BCUT2D eigenvalue weighted by molar-refractivity contribution is -0.134. The Labute approximate surface area is 137 Å². The van der Waals surface area contributed by atoms with Gasteiger partial charge in [0.2, 0.25) is 5.91 Å². The lowest BCUT2D eigenvalue weighted by atomic mass is 10.2. The molecule has 2 saturated heterocycles. The number of amides is 1. The summed E-state index contributed by atoms with van der Waals surface area (Å²) >= 11 is 10.1. The molecule has 1 amide bonds. The molecule has 0 spiro atoms. The molecule has 21 heavy (non-hydrogen) atoms. The zero-order valence-corrected chi connectivity index (χ0v) is 14.3. The topological polar surface area (TPSA) is 69.6 Å². The fourth-order valence-corrected chi connectivity index (χ4v) is 2.39. The normalized spacial score (nSPS) is 23.7. The molecule has 2 N–H and O–H groups in total. The number of carbonyl (C=O) groups is 2. The number of nitrogens with zero attached hydrogens (tertiary/aromatic N) is 1. The van der Waals surface area contributed by atoms with Crippen LogP contribution in [0, 0.1) is 0 Å². The molecule has 0 saturated carbocycles. The average Bonchev–Trinajstić information content (AvgIpc) is 3.10. The molecule has 2 aliphatic rings. The van der Waals surface area contributed by atoms with Gasteiger partial charge >= 0.3 is 5.97 Å². The summed E-state index contributed by atoms with van der Waals surface area (Å²) in [6.45, 7) is 6.43. The Balaban J connectivity index is 0.000000312. The number of alkyl halides is 2. The van der Waals surface area contributed by atoms with Crippen molar-refractivity contribution in [1.29, 1.82) is 0 Å². The molecule has 0 aromatic rings. The summed E-state index contributed by atoms with van der Waals surface area (Å²) in [5.41, 5.74) is 0. The Bertz CT molecular complexity index is 311. The molecule has 0 aromatic carbocycles. The molecule has 0 radical (unpaired) electrons. The van der Waals surface area contributed by atoms with Gasteiger partial charge in [-0.05, 0) is 46.1 Å². The number of carbonyl (C=O) groups excluding carboxylic acids is 1. The third kappa shape index (κ3) is 9.93. The van der Waals surface area contributed by atoms with E-state index in [4.69, 9.17) is 28.3 Å². The van der Waals surface area contributed by atoms with Crippen LogP contribution in [0.2, 0.25) is 0 Å². The minimum absolute atomic E-state index is 0.0756. The zero-order chi connectivity index (χ0) is 16.3. The Morgan fingerprint density at radius 2 is 1.81 bits per heavy atom. The maximum atomic E-state index is 11.0. The minimum Gasteiger partial charge on any atom is -0.480 e.